The van der Waals surface area contributed by atoms with Gasteiger partial charge in [0, 0.05) is 30.2 Å². The summed E-state index contributed by atoms with van der Waals surface area (Å²) in [5.74, 6) is 1.10. The highest BCUT2D eigenvalue weighted by Crippen LogP contribution is 2.27. The number of anilines is 1. The van der Waals surface area contributed by atoms with Gasteiger partial charge in [-0.3, -0.25) is 0 Å². The number of nitrogens with zero attached hydrogens (tertiary/aromatic N) is 2. The minimum absolute atomic E-state index is 0.805. The molecule has 0 atom stereocenters. The molecule has 0 amide bonds. The second-order valence-electron chi connectivity index (χ2n) is 4.16. The van der Waals surface area contributed by atoms with Crippen molar-refractivity contribution in [3.8, 4) is 0 Å². The van der Waals surface area contributed by atoms with Crippen molar-refractivity contribution in [2.75, 3.05) is 23.3 Å². The van der Waals surface area contributed by atoms with Crippen molar-refractivity contribution in [3.63, 3.8) is 0 Å². The van der Waals surface area contributed by atoms with E-state index in [-0.39, 0.29) is 0 Å². The van der Waals surface area contributed by atoms with Crippen molar-refractivity contribution in [1.29, 1.82) is 0 Å². The topological polar surface area (TPSA) is 16.1 Å². The molecule has 2 heterocycles. The molecule has 86 valence electrons. The summed E-state index contributed by atoms with van der Waals surface area (Å²) in [4.78, 5) is 6.90. The Bertz CT molecular complexity index is 370. The molecular weight excluding hydrogens is 264 g/mol. The van der Waals surface area contributed by atoms with Gasteiger partial charge in [0.05, 0.1) is 0 Å². The van der Waals surface area contributed by atoms with E-state index in [2.05, 4.69) is 38.5 Å². The largest absolute Gasteiger partial charge is 0.356 e. The van der Waals surface area contributed by atoms with Gasteiger partial charge < -0.3 is 4.90 Å². The fourth-order valence-electron chi connectivity index (χ4n) is 2.10. The molecular formula is C13H17BrN2. The summed E-state index contributed by atoms with van der Waals surface area (Å²) in [5.41, 5.74) is 2.29. The first-order valence-electron chi connectivity index (χ1n) is 5.77. The van der Waals surface area contributed by atoms with Crippen LogP contribution in [0.15, 0.2) is 24.9 Å². The lowest BCUT2D eigenvalue weighted by molar-refractivity contribution is 0.573. The van der Waals surface area contributed by atoms with Crippen LogP contribution in [0.3, 0.4) is 0 Å². The van der Waals surface area contributed by atoms with Crippen LogP contribution < -0.4 is 4.90 Å². The minimum atomic E-state index is 0.805. The number of hydrogen-bond acceptors (Lipinski definition) is 2. The van der Waals surface area contributed by atoms with Crippen LogP contribution in [0.4, 0.5) is 5.82 Å². The van der Waals surface area contributed by atoms with Gasteiger partial charge >= 0.3 is 0 Å². The van der Waals surface area contributed by atoms with Crippen LogP contribution in [0.25, 0.3) is 5.57 Å². The summed E-state index contributed by atoms with van der Waals surface area (Å²) in [6, 6.07) is 4.09. The first-order valence-corrected chi connectivity index (χ1v) is 6.89. The number of alkyl halides is 1. The summed E-state index contributed by atoms with van der Waals surface area (Å²) in [6.07, 6.45) is 5.76. The van der Waals surface area contributed by atoms with Crippen LogP contribution in [-0.2, 0) is 0 Å². The van der Waals surface area contributed by atoms with Crippen LogP contribution in [0.5, 0.6) is 0 Å². The molecule has 0 saturated carbocycles. The number of aromatic nitrogens is 1. The van der Waals surface area contributed by atoms with Crippen LogP contribution in [0, 0.1) is 0 Å². The molecule has 0 aliphatic carbocycles. The third-order valence-electron chi connectivity index (χ3n) is 2.98. The maximum Gasteiger partial charge on any atom is 0.136 e. The monoisotopic (exact) mass is 280 g/mol. The molecule has 16 heavy (non-hydrogen) atoms. The van der Waals surface area contributed by atoms with Gasteiger partial charge in [0.2, 0.25) is 0 Å². The highest BCUT2D eigenvalue weighted by Gasteiger charge is 2.16. The fourth-order valence-corrected chi connectivity index (χ4v) is 2.40. The van der Waals surface area contributed by atoms with E-state index in [9.17, 15) is 0 Å². The Morgan fingerprint density at radius 3 is 2.81 bits per heavy atom. The average molecular weight is 281 g/mol. The number of allylic oxidation sites excluding steroid dienone is 1. The predicted molar refractivity (Wildman–Crippen MR) is 73.1 cm³/mol. The van der Waals surface area contributed by atoms with Crippen molar-refractivity contribution < 1.29 is 0 Å². The fraction of sp³-hybridized carbons (Fsp3) is 0.462. The zero-order chi connectivity index (χ0) is 11.4. The maximum absolute atomic E-state index is 4.52. The zero-order valence-corrected chi connectivity index (χ0v) is 11.0. The zero-order valence-electron chi connectivity index (χ0n) is 9.45. The summed E-state index contributed by atoms with van der Waals surface area (Å²) >= 11 is 3.46. The standard InChI is InChI=1S/C13H17BrN2/c1-11(10-14)12-6-5-7-15-13(12)16-8-3-2-4-9-16/h5-7H,1-4,8-10H2. The molecule has 0 spiro atoms. The van der Waals surface area contributed by atoms with Gasteiger partial charge in [0.1, 0.15) is 5.82 Å². The van der Waals surface area contributed by atoms with E-state index in [4.69, 9.17) is 0 Å². The van der Waals surface area contributed by atoms with Crippen molar-refractivity contribution in [2.45, 2.75) is 19.3 Å². The normalized spacial score (nSPS) is 16.2. The number of pyridine rings is 1. The van der Waals surface area contributed by atoms with E-state index in [0.717, 1.165) is 29.8 Å². The molecule has 1 fully saturated rings. The second kappa shape index (κ2) is 5.48. The van der Waals surface area contributed by atoms with Crippen LogP contribution in [-0.4, -0.2) is 23.4 Å². The van der Waals surface area contributed by atoms with Gasteiger partial charge in [-0.2, -0.15) is 0 Å². The molecule has 0 bridgehead atoms. The maximum atomic E-state index is 4.52. The summed E-state index contributed by atoms with van der Waals surface area (Å²) < 4.78 is 0. The first kappa shape index (κ1) is 11.6. The van der Waals surface area contributed by atoms with Gasteiger partial charge in [0.15, 0.2) is 0 Å². The first-order chi connectivity index (χ1) is 7.83. The molecule has 2 nitrogen and oxygen atoms in total. The Labute approximate surface area is 106 Å². The van der Waals surface area contributed by atoms with Gasteiger partial charge in [-0.15, -0.1) is 0 Å². The lowest BCUT2D eigenvalue weighted by atomic mass is 10.1. The predicted octanol–water partition coefficient (Wildman–Crippen LogP) is 3.48. The van der Waals surface area contributed by atoms with E-state index in [1.54, 1.807) is 0 Å². The third-order valence-corrected chi connectivity index (χ3v) is 3.66. The number of halogens is 1. The molecule has 3 heteroatoms. The van der Waals surface area contributed by atoms with Crippen molar-refractivity contribution >= 4 is 27.3 Å². The lowest BCUT2D eigenvalue weighted by Crippen LogP contribution is -2.30. The molecule has 1 aromatic rings. The smallest absolute Gasteiger partial charge is 0.136 e. The molecule has 0 N–H and O–H groups in total. The Morgan fingerprint density at radius 1 is 1.38 bits per heavy atom. The molecule has 0 aromatic carbocycles. The van der Waals surface area contributed by atoms with E-state index in [1.807, 2.05) is 12.3 Å². The molecule has 1 aromatic heterocycles. The Kier molecular flexibility index (Phi) is 3.99. The van der Waals surface area contributed by atoms with Crippen molar-refractivity contribution in [3.05, 3.63) is 30.5 Å². The Hall–Kier alpha value is -0.830. The SMILES string of the molecule is C=C(CBr)c1cccnc1N1CCCCC1. The molecule has 2 rings (SSSR count). The van der Waals surface area contributed by atoms with E-state index in [1.165, 1.54) is 24.8 Å². The van der Waals surface area contributed by atoms with Crippen LogP contribution in [0.2, 0.25) is 0 Å². The highest BCUT2D eigenvalue weighted by molar-refractivity contribution is 9.09. The minimum Gasteiger partial charge on any atom is -0.356 e. The van der Waals surface area contributed by atoms with Crippen molar-refractivity contribution in [2.24, 2.45) is 0 Å². The highest BCUT2D eigenvalue weighted by atomic mass is 79.9. The number of piperidine rings is 1. The molecule has 1 saturated heterocycles. The molecule has 1 aliphatic rings. The van der Waals surface area contributed by atoms with Crippen LogP contribution in [0.1, 0.15) is 24.8 Å². The van der Waals surface area contributed by atoms with E-state index in [0.29, 0.717) is 0 Å². The van der Waals surface area contributed by atoms with Gasteiger partial charge in [0.25, 0.3) is 0 Å². The Balaban J connectivity index is 2.28. The van der Waals surface area contributed by atoms with E-state index >= 15 is 0 Å². The molecule has 0 unspecified atom stereocenters. The average Bonchev–Trinajstić information content (AvgIpc) is 2.39. The number of hydrogen-bond donors (Lipinski definition) is 0. The summed E-state index contributed by atoms with van der Waals surface area (Å²) in [6.45, 7) is 6.33. The van der Waals surface area contributed by atoms with Gasteiger partial charge in [-0.05, 0) is 37.0 Å². The lowest BCUT2D eigenvalue weighted by Gasteiger charge is -2.29. The summed E-state index contributed by atoms with van der Waals surface area (Å²) in [7, 11) is 0. The molecule has 0 radical (unpaired) electrons. The quantitative estimate of drug-likeness (QED) is 0.788. The van der Waals surface area contributed by atoms with Crippen LogP contribution >= 0.6 is 15.9 Å². The molecule has 1 aliphatic heterocycles. The van der Waals surface area contributed by atoms with Gasteiger partial charge in [-0.25, -0.2) is 4.98 Å². The second-order valence-corrected chi connectivity index (χ2v) is 4.72. The van der Waals surface area contributed by atoms with Gasteiger partial charge in [-0.1, -0.05) is 22.5 Å². The number of rotatable bonds is 3. The van der Waals surface area contributed by atoms with E-state index < -0.39 is 0 Å². The third kappa shape index (κ3) is 2.46. The van der Waals surface area contributed by atoms with Crippen molar-refractivity contribution in [1.82, 2.24) is 4.98 Å². The Morgan fingerprint density at radius 2 is 2.12 bits per heavy atom. The summed E-state index contributed by atoms with van der Waals surface area (Å²) in [5, 5.41) is 0.805.